The number of aromatic nitrogens is 6. The van der Waals surface area contributed by atoms with Gasteiger partial charge in [0.1, 0.15) is 36.2 Å². The van der Waals surface area contributed by atoms with E-state index in [4.69, 9.17) is 30.8 Å². The Labute approximate surface area is 568 Å². The Bertz CT molecular complexity index is 3880. The first kappa shape index (κ1) is 71.9. The molecule has 3 aliphatic rings. The minimum absolute atomic E-state index is 0. The minimum atomic E-state index is -0.190. The van der Waals surface area contributed by atoms with E-state index in [2.05, 4.69) is 112 Å². The van der Waals surface area contributed by atoms with Crippen molar-refractivity contribution in [1.82, 2.24) is 59.7 Å². The highest BCUT2D eigenvalue weighted by Gasteiger charge is 2.40. The third kappa shape index (κ3) is 18.5. The molecule has 0 radical (unpaired) electrons. The monoisotopic (exact) mass is 1320 g/mol. The number of ether oxygens (including phenoxy) is 3. The van der Waals surface area contributed by atoms with Gasteiger partial charge in [0.25, 0.3) is 17.7 Å². The smallest absolute Gasteiger partial charge is 0.255 e. The van der Waals surface area contributed by atoms with Crippen LogP contribution in [0.1, 0.15) is 94.6 Å². The van der Waals surface area contributed by atoms with Crippen molar-refractivity contribution in [3.05, 3.63) is 253 Å². The first-order valence-corrected chi connectivity index (χ1v) is 32.4. The van der Waals surface area contributed by atoms with Gasteiger partial charge in [-0.05, 0) is 112 Å². The number of imidazole rings is 3. The van der Waals surface area contributed by atoms with Crippen LogP contribution in [0.15, 0.2) is 225 Å². The molecular formula is C74H91FN16O6. The molecule has 3 fully saturated rings. The van der Waals surface area contributed by atoms with E-state index in [1.54, 1.807) is 122 Å². The highest BCUT2D eigenvalue weighted by Crippen LogP contribution is 2.38. The molecule has 12 rings (SSSR count). The molecule has 510 valence electrons. The maximum absolute atomic E-state index is 12.9. The van der Waals surface area contributed by atoms with Gasteiger partial charge in [-0.15, -0.1) is 0 Å². The average Bonchev–Trinajstić information content (AvgIpc) is 0.921. The molecule has 9 aromatic rings. The van der Waals surface area contributed by atoms with Crippen LogP contribution in [0.4, 0.5) is 4.70 Å². The Morgan fingerprint density at radius 3 is 1.11 bits per heavy atom. The molecular weight excluding hydrogens is 1230 g/mol. The second kappa shape index (κ2) is 35.5. The summed E-state index contributed by atoms with van der Waals surface area (Å²) in [5.41, 5.74) is 11.2. The number of likely N-dealkylation sites (tertiary alicyclic amines) is 2. The van der Waals surface area contributed by atoms with Crippen LogP contribution in [0.25, 0.3) is 0 Å². The van der Waals surface area contributed by atoms with E-state index in [1.165, 1.54) is 16.7 Å². The molecule has 3 saturated heterocycles. The largest absolute Gasteiger partial charge is 0.496 e. The third-order valence-electron chi connectivity index (χ3n) is 18.2. The zero-order valence-corrected chi connectivity index (χ0v) is 55.6. The minimum Gasteiger partial charge on any atom is -0.496 e. The Morgan fingerprint density at radius 1 is 0.485 bits per heavy atom. The van der Waals surface area contributed by atoms with E-state index in [-0.39, 0.29) is 40.1 Å². The second-order valence-electron chi connectivity index (χ2n) is 23.7. The molecule has 0 aliphatic carbocycles. The van der Waals surface area contributed by atoms with Gasteiger partial charge in [-0.3, -0.25) is 48.6 Å². The predicted octanol–water partition coefficient (Wildman–Crippen LogP) is 9.49. The molecule has 0 saturated carbocycles. The molecule has 3 aromatic heterocycles. The van der Waals surface area contributed by atoms with Gasteiger partial charge in [0.2, 0.25) is 11.9 Å². The summed E-state index contributed by atoms with van der Waals surface area (Å²) in [6, 6.07) is 53.2. The Morgan fingerprint density at radius 2 is 0.794 bits per heavy atom. The van der Waals surface area contributed by atoms with Gasteiger partial charge >= 0.3 is 0 Å². The van der Waals surface area contributed by atoms with Gasteiger partial charge in [0, 0.05) is 107 Å². The van der Waals surface area contributed by atoms with Gasteiger partial charge in [-0.1, -0.05) is 127 Å². The number of nitrogens with zero attached hydrogens (tertiary/aromatic N) is 9. The number of halogens is 1. The number of para-hydroxylation sites is 3. The van der Waals surface area contributed by atoms with Crippen molar-refractivity contribution in [3.8, 4) is 17.2 Å². The van der Waals surface area contributed by atoms with Crippen LogP contribution in [0.2, 0.25) is 0 Å². The maximum Gasteiger partial charge on any atom is 0.255 e. The fraction of sp³-hybridized carbons (Fsp3) is 0.311. The lowest BCUT2D eigenvalue weighted by molar-refractivity contribution is 0.0921. The molecule has 6 heterocycles. The van der Waals surface area contributed by atoms with Gasteiger partial charge in [0.05, 0.1) is 38.0 Å². The molecule has 23 heteroatoms. The molecule has 0 spiro atoms. The average molecular weight is 1320 g/mol. The van der Waals surface area contributed by atoms with Crippen LogP contribution in [0.3, 0.4) is 0 Å². The summed E-state index contributed by atoms with van der Waals surface area (Å²) >= 11 is 0. The lowest BCUT2D eigenvalue weighted by Gasteiger charge is -2.43. The summed E-state index contributed by atoms with van der Waals surface area (Å²) in [4.78, 5) is 58.7. The van der Waals surface area contributed by atoms with Gasteiger partial charge in [-0.2, -0.15) is 0 Å². The topological polar surface area (TPSA) is 273 Å². The summed E-state index contributed by atoms with van der Waals surface area (Å²) in [5, 5.41) is 29.0. The van der Waals surface area contributed by atoms with Crippen molar-refractivity contribution in [2.45, 2.75) is 61.7 Å². The first-order chi connectivity index (χ1) is 46.8. The molecule has 8 N–H and O–H groups in total. The number of hydrogen-bond acceptors (Lipinski definition) is 13. The van der Waals surface area contributed by atoms with Crippen LogP contribution in [-0.2, 0) is 16.2 Å². The predicted molar refractivity (Wildman–Crippen MR) is 379 cm³/mol. The number of nitrogens with one attached hydrogen (secondary N) is 6. The number of carbonyl (C=O) groups excluding carboxylic acids is 3. The molecule has 97 heavy (non-hydrogen) atoms. The fourth-order valence-electron chi connectivity index (χ4n) is 12.5. The molecule has 3 aliphatic heterocycles. The second-order valence-corrected chi connectivity index (χ2v) is 23.7. The van der Waals surface area contributed by atoms with E-state index >= 15 is 0 Å². The Balaban J connectivity index is 0.000000190. The zero-order chi connectivity index (χ0) is 67.6. The highest BCUT2D eigenvalue weighted by molar-refractivity contribution is 5.98. The Kier molecular flexibility index (Phi) is 26.3. The van der Waals surface area contributed by atoms with Crippen molar-refractivity contribution in [1.29, 1.82) is 10.8 Å². The van der Waals surface area contributed by atoms with Gasteiger partial charge < -0.3 is 51.0 Å². The van der Waals surface area contributed by atoms with E-state index in [0.29, 0.717) is 78.0 Å². The van der Waals surface area contributed by atoms with Crippen molar-refractivity contribution in [2.75, 3.05) is 86.8 Å². The quantitative estimate of drug-likeness (QED) is 0.0351. The maximum atomic E-state index is 12.9. The molecule has 3 amide bonds. The number of piperidine rings is 3. The number of hydrogen-bond donors (Lipinski definition) is 7. The van der Waals surface area contributed by atoms with Crippen LogP contribution in [-0.4, -0.2) is 161 Å². The van der Waals surface area contributed by atoms with E-state index < -0.39 is 0 Å². The standard InChI is InChI=1S/C24H27N5O2.C23H30N4O2.C20H24N2O2.C7H7N5.FH.H2/c1-31-21-10-6-5-9-20(21)22(30)27-17-24(19-7-3-2-4-8-19)11-14-28(15-12-24)23(25)29-16-13-26-18-29;1-3-25-22(24)27-15-13-23(14-16-27,18-9-5-4-6-10-18)17-26-21(28)19-11-7-8-12-20(19)29-2;1-24-18-10-6-5-9-17(18)19(23)22-15-20(11-13-21-14-12-20)16-7-3-2-4-8-16;8-7(11-3-1-9-5-11)12-4-2-10-6-12;;/h2-10,13,16,18,25H,11-12,14-15,17H2,1H3,(H,27,30);4-12H,3,13-17H2,1-2H3,(H2,24,25)(H,26,28);2-10,21H,11-15H2,1H3,(H,22,23);1-6,8H;2*1H/i;;;;;1+2. The highest BCUT2D eigenvalue weighted by atomic mass is 19.0. The van der Waals surface area contributed by atoms with Crippen molar-refractivity contribution < 1.29 is 34.7 Å². The lowest BCUT2D eigenvalue weighted by atomic mass is 9.72. The van der Waals surface area contributed by atoms with Crippen LogP contribution in [0.5, 0.6) is 17.2 Å². The fourth-order valence-corrected chi connectivity index (χ4v) is 12.5. The first-order valence-electron chi connectivity index (χ1n) is 32.4. The summed E-state index contributed by atoms with van der Waals surface area (Å²) < 4.78 is 20.9. The number of guanidine groups is 1. The normalized spacial score (nSPS) is 15.1. The number of nitrogens with two attached hydrogens (primary N) is 1. The number of amides is 3. The van der Waals surface area contributed by atoms with Crippen LogP contribution in [0, 0.1) is 10.8 Å². The number of benzene rings is 6. The number of rotatable bonds is 16. The van der Waals surface area contributed by atoms with Crippen molar-refractivity contribution in [2.24, 2.45) is 10.7 Å². The Hall–Kier alpha value is -10.9. The third-order valence-corrected chi connectivity index (χ3v) is 18.2. The van der Waals surface area contributed by atoms with Gasteiger partial charge in [0.15, 0.2) is 5.96 Å². The number of aliphatic imine (C=N–C) groups is 1. The van der Waals surface area contributed by atoms with Crippen molar-refractivity contribution in [3.63, 3.8) is 0 Å². The number of carbonyl (C=O) groups is 3. The van der Waals surface area contributed by atoms with Crippen molar-refractivity contribution >= 4 is 35.6 Å². The molecule has 0 atom stereocenters. The molecule has 0 unspecified atom stereocenters. The van der Waals surface area contributed by atoms with Gasteiger partial charge in [-0.25, -0.2) is 15.0 Å². The zero-order valence-electron chi connectivity index (χ0n) is 55.6. The molecule has 0 bridgehead atoms. The van der Waals surface area contributed by atoms with E-state index in [9.17, 15) is 14.4 Å². The summed E-state index contributed by atoms with van der Waals surface area (Å²) in [6.45, 7) is 9.43. The summed E-state index contributed by atoms with van der Waals surface area (Å²) in [7, 11) is 4.74. The van der Waals surface area contributed by atoms with E-state index in [1.807, 2.05) is 79.7 Å². The lowest BCUT2D eigenvalue weighted by Crippen LogP contribution is -2.52. The van der Waals surface area contributed by atoms with Crippen LogP contribution < -0.4 is 41.2 Å². The molecule has 6 aromatic carbocycles. The summed E-state index contributed by atoms with van der Waals surface area (Å²) in [6.07, 6.45) is 20.4. The SMILES string of the molecule is CCN=C(N)N1CCC(CNC(=O)c2ccccc2OC)(c2ccccc2)CC1.COc1ccccc1C(=O)NCC1(c2ccccc2)CCN(C(=N)n2ccnc2)CC1.COc1ccccc1C(=O)NCC1(c2ccccc2)CCNCC1.F.N=C(n1ccnc1)n1ccnc1.[3HH]. The molecule has 22 nitrogen and oxygen atoms in total. The van der Waals surface area contributed by atoms with Crippen LogP contribution >= 0.6 is 0 Å². The number of methoxy groups -OCH3 is 3. The van der Waals surface area contributed by atoms with E-state index in [0.717, 1.165) is 77.8 Å². The summed E-state index contributed by atoms with van der Waals surface area (Å²) in [5.74, 6) is 2.76.